The summed E-state index contributed by atoms with van der Waals surface area (Å²) in [6.07, 6.45) is 1.44. The fourth-order valence-corrected chi connectivity index (χ4v) is 6.16. The quantitative estimate of drug-likeness (QED) is 0.446. The second-order valence-electron chi connectivity index (χ2n) is 10.3. The Balaban J connectivity index is 1.64. The maximum absolute atomic E-state index is 13.5. The molecule has 194 valence electrons. The van der Waals surface area contributed by atoms with Crippen molar-refractivity contribution in [1.29, 1.82) is 0 Å². The van der Waals surface area contributed by atoms with E-state index in [0.29, 0.717) is 26.8 Å². The van der Waals surface area contributed by atoms with Gasteiger partial charge in [-0.25, -0.2) is 0 Å². The fourth-order valence-electron chi connectivity index (χ4n) is 4.29. The van der Waals surface area contributed by atoms with E-state index >= 15 is 0 Å². The Morgan fingerprint density at radius 3 is 2.05 bits per heavy atom. The van der Waals surface area contributed by atoms with Crippen molar-refractivity contribution in [3.63, 3.8) is 0 Å². The van der Waals surface area contributed by atoms with E-state index in [4.69, 9.17) is 0 Å². The van der Waals surface area contributed by atoms with Gasteiger partial charge >= 0.3 is 230 Å². The Morgan fingerprint density at radius 1 is 0.868 bits per heavy atom. The molecule has 3 aromatic carbocycles. The molecular weight excluding hydrogens is 543 g/mol. The number of amides is 2. The number of nitrogens with one attached hydrogen (secondary N) is 1. The van der Waals surface area contributed by atoms with Gasteiger partial charge in [0.15, 0.2) is 0 Å². The number of allylic oxidation sites excluding steroid dienone is 2. The Morgan fingerprint density at radius 2 is 1.47 bits per heavy atom. The molecular formula is C31H30N2O4Se. The number of ketones is 2. The molecule has 1 N–H and O–H groups in total. The molecule has 0 saturated carbocycles. The third-order valence-electron chi connectivity index (χ3n) is 6.00. The molecule has 38 heavy (non-hydrogen) atoms. The van der Waals surface area contributed by atoms with Gasteiger partial charge in [0, 0.05) is 0 Å². The van der Waals surface area contributed by atoms with Crippen LogP contribution in [0.5, 0.6) is 0 Å². The number of fused-ring (bicyclic) bond motifs is 1. The van der Waals surface area contributed by atoms with E-state index in [1.54, 1.807) is 36.4 Å². The van der Waals surface area contributed by atoms with E-state index in [1.807, 2.05) is 64.1 Å². The predicted molar refractivity (Wildman–Crippen MR) is 150 cm³/mol. The molecule has 3 aromatic rings. The minimum atomic E-state index is -0.861. The summed E-state index contributed by atoms with van der Waals surface area (Å²) in [6, 6.07) is 20.8. The molecule has 0 heterocycles. The van der Waals surface area contributed by atoms with Crippen molar-refractivity contribution in [2.45, 2.75) is 46.2 Å². The molecule has 7 heteroatoms. The standard InChI is InChI=1S/C31H30N2O4Se/c1-19-10-12-21(13-11-19)28(30(37)32-31(3,4)5)33(20(2)34)22-14-16-23(17-15-22)38-27-18-26(35)24-8-6-7-9-25(24)29(27)36/h6-18,28H,1-5H3,(H,32,37). The second kappa shape index (κ2) is 10.9. The van der Waals surface area contributed by atoms with E-state index in [1.165, 1.54) is 17.9 Å². The minimum absolute atomic E-state index is 0.132. The zero-order valence-electron chi connectivity index (χ0n) is 22.1. The van der Waals surface area contributed by atoms with Gasteiger partial charge in [-0.3, -0.25) is 0 Å². The summed E-state index contributed by atoms with van der Waals surface area (Å²) in [7, 11) is 0. The molecule has 0 spiro atoms. The molecule has 4 rings (SSSR count). The topological polar surface area (TPSA) is 83.6 Å². The number of aryl methyl sites for hydroxylation is 1. The van der Waals surface area contributed by atoms with Crippen LogP contribution in [-0.4, -0.2) is 43.9 Å². The van der Waals surface area contributed by atoms with Crippen LogP contribution in [0.25, 0.3) is 0 Å². The number of Topliss-reactive ketones (excluding diaryl/α,β-unsaturated/α-hetero) is 1. The van der Waals surface area contributed by atoms with Crippen LogP contribution in [0.1, 0.15) is 65.6 Å². The van der Waals surface area contributed by atoms with Gasteiger partial charge in [0.1, 0.15) is 0 Å². The molecule has 1 aliphatic carbocycles. The molecule has 0 saturated heterocycles. The number of hydrogen-bond acceptors (Lipinski definition) is 4. The zero-order valence-corrected chi connectivity index (χ0v) is 23.8. The van der Waals surface area contributed by atoms with Crippen LogP contribution in [-0.2, 0) is 9.59 Å². The number of rotatable bonds is 6. The van der Waals surface area contributed by atoms with Crippen LogP contribution in [0, 0.1) is 6.92 Å². The first kappa shape index (κ1) is 27.2. The van der Waals surface area contributed by atoms with Crippen molar-refractivity contribution in [3.8, 4) is 0 Å². The maximum atomic E-state index is 13.5. The third-order valence-corrected chi connectivity index (χ3v) is 8.17. The van der Waals surface area contributed by atoms with E-state index in [-0.39, 0.29) is 23.4 Å². The molecule has 6 nitrogen and oxygen atoms in total. The normalized spacial score (nSPS) is 13.9. The van der Waals surface area contributed by atoms with Crippen LogP contribution >= 0.6 is 0 Å². The Kier molecular flexibility index (Phi) is 7.81. The first-order valence-electron chi connectivity index (χ1n) is 12.3. The van der Waals surface area contributed by atoms with Gasteiger partial charge in [0.2, 0.25) is 0 Å². The van der Waals surface area contributed by atoms with Crippen LogP contribution in [0.15, 0.2) is 83.3 Å². The fraction of sp³-hybridized carbons (Fsp3) is 0.226. The molecule has 0 aromatic heterocycles. The van der Waals surface area contributed by atoms with E-state index in [2.05, 4.69) is 5.32 Å². The monoisotopic (exact) mass is 574 g/mol. The molecule has 0 fully saturated rings. The molecule has 0 bridgehead atoms. The van der Waals surface area contributed by atoms with Crippen LogP contribution in [0.2, 0.25) is 0 Å². The van der Waals surface area contributed by atoms with Gasteiger partial charge in [0.25, 0.3) is 0 Å². The Labute approximate surface area is 229 Å². The van der Waals surface area contributed by atoms with Crippen molar-refractivity contribution in [3.05, 3.63) is 106 Å². The van der Waals surface area contributed by atoms with E-state index in [9.17, 15) is 19.2 Å². The number of nitrogens with zero attached hydrogens (tertiary/aromatic N) is 1. The van der Waals surface area contributed by atoms with Crippen molar-refractivity contribution in [2.24, 2.45) is 0 Å². The van der Waals surface area contributed by atoms with Crippen molar-refractivity contribution < 1.29 is 19.2 Å². The van der Waals surface area contributed by atoms with Gasteiger partial charge in [-0.05, 0) is 0 Å². The van der Waals surface area contributed by atoms with Crippen LogP contribution < -0.4 is 14.7 Å². The van der Waals surface area contributed by atoms with Crippen molar-refractivity contribution in [2.75, 3.05) is 4.90 Å². The number of carbonyl (C=O) groups excluding carboxylic acids is 4. The van der Waals surface area contributed by atoms with Gasteiger partial charge in [-0.2, -0.15) is 0 Å². The summed E-state index contributed by atoms with van der Waals surface area (Å²) in [5, 5.41) is 3.01. The molecule has 1 aliphatic rings. The SMILES string of the molecule is CC(=O)N(c1ccc([Se]C2=CC(=O)c3ccccc3C2=O)cc1)C(C(=O)NC(C)(C)C)c1ccc(C)cc1. The summed E-state index contributed by atoms with van der Waals surface area (Å²) < 4.78 is 1.36. The van der Waals surface area contributed by atoms with Gasteiger partial charge in [-0.15, -0.1) is 0 Å². The van der Waals surface area contributed by atoms with Gasteiger partial charge in [0.05, 0.1) is 0 Å². The molecule has 1 atom stereocenters. The number of hydrogen-bond donors (Lipinski definition) is 1. The summed E-state index contributed by atoms with van der Waals surface area (Å²) in [4.78, 5) is 53.5. The summed E-state index contributed by atoms with van der Waals surface area (Å²) in [5.74, 6) is -0.847. The Bertz CT molecular complexity index is 1430. The summed E-state index contributed by atoms with van der Waals surface area (Å²) in [6.45, 7) is 9.11. The van der Waals surface area contributed by atoms with E-state index in [0.717, 1.165) is 10.0 Å². The number of carbonyl (C=O) groups is 4. The van der Waals surface area contributed by atoms with Gasteiger partial charge < -0.3 is 0 Å². The first-order valence-corrected chi connectivity index (χ1v) is 14.0. The van der Waals surface area contributed by atoms with E-state index < -0.39 is 26.5 Å². The number of benzene rings is 3. The summed E-state index contributed by atoms with van der Waals surface area (Å²) >= 11 is -0.403. The average Bonchev–Trinajstić information content (AvgIpc) is 2.86. The molecule has 0 aliphatic heterocycles. The number of anilines is 1. The molecule has 2 amide bonds. The summed E-state index contributed by atoms with van der Waals surface area (Å²) in [5.41, 5.74) is 2.71. The first-order chi connectivity index (χ1) is 17.9. The Hall–Kier alpha value is -3.80. The van der Waals surface area contributed by atoms with Crippen LogP contribution in [0.3, 0.4) is 0 Å². The van der Waals surface area contributed by atoms with Crippen molar-refractivity contribution >= 4 is 48.5 Å². The predicted octanol–water partition coefficient (Wildman–Crippen LogP) is 4.30. The molecule has 1 unspecified atom stereocenters. The second-order valence-corrected chi connectivity index (χ2v) is 12.6. The van der Waals surface area contributed by atoms with Crippen molar-refractivity contribution in [1.82, 2.24) is 5.32 Å². The van der Waals surface area contributed by atoms with Gasteiger partial charge in [-0.1, -0.05) is 0 Å². The molecule has 0 radical (unpaired) electrons. The van der Waals surface area contributed by atoms with Crippen LogP contribution in [0.4, 0.5) is 5.69 Å². The zero-order chi connectivity index (χ0) is 27.6. The third kappa shape index (κ3) is 6.01. The average molecular weight is 574 g/mol.